The Bertz CT molecular complexity index is 1230. The third kappa shape index (κ3) is 5.37. The van der Waals surface area contributed by atoms with Gasteiger partial charge in [-0.1, -0.05) is 109 Å². The zero-order valence-corrected chi connectivity index (χ0v) is 21.1. The van der Waals surface area contributed by atoms with Crippen LogP contribution in [0.1, 0.15) is 25.0 Å². The molecule has 1 heterocycles. The highest BCUT2D eigenvalue weighted by molar-refractivity contribution is 7.80. The molecule has 176 valence electrons. The zero-order valence-electron chi connectivity index (χ0n) is 20.2. The van der Waals surface area contributed by atoms with Gasteiger partial charge in [0.25, 0.3) is 0 Å². The van der Waals surface area contributed by atoms with E-state index in [1.54, 1.807) is 0 Å². The van der Waals surface area contributed by atoms with Crippen molar-refractivity contribution in [1.29, 1.82) is 0 Å². The second-order valence-electron chi connectivity index (χ2n) is 9.16. The van der Waals surface area contributed by atoms with Crippen molar-refractivity contribution in [2.24, 2.45) is 4.99 Å². The third-order valence-electron chi connectivity index (χ3n) is 6.31. The molecule has 0 saturated carbocycles. The maximum Gasteiger partial charge on any atom is 0.217 e. The summed E-state index contributed by atoms with van der Waals surface area (Å²) in [5.41, 5.74) is 1.77. The molecule has 3 nitrogen and oxygen atoms in total. The zero-order chi connectivity index (χ0) is 24.1. The van der Waals surface area contributed by atoms with E-state index in [0.29, 0.717) is 19.1 Å². The third-order valence-corrected chi connectivity index (χ3v) is 8.81. The van der Waals surface area contributed by atoms with Crippen LogP contribution < -0.4 is 15.9 Å². The molecule has 1 aliphatic heterocycles. The molecule has 0 saturated heterocycles. The Hall–Kier alpha value is -3.26. The highest BCUT2D eigenvalue weighted by Crippen LogP contribution is 2.35. The molecule has 4 heteroatoms. The molecular weight excluding hydrogens is 449 g/mol. The van der Waals surface area contributed by atoms with Gasteiger partial charge in [-0.05, 0) is 49.3 Å². The van der Waals surface area contributed by atoms with Crippen molar-refractivity contribution in [3.05, 3.63) is 126 Å². The summed E-state index contributed by atoms with van der Waals surface area (Å²) in [5.74, 6) is 0.710. The number of ether oxygens (including phenoxy) is 2. The van der Waals surface area contributed by atoms with Gasteiger partial charge in [-0.3, -0.25) is 0 Å². The van der Waals surface area contributed by atoms with Gasteiger partial charge in [0.1, 0.15) is 12.6 Å². The van der Waals surface area contributed by atoms with Crippen LogP contribution in [0.4, 0.5) is 0 Å². The summed E-state index contributed by atoms with van der Waals surface area (Å²) >= 11 is 0. The lowest BCUT2D eigenvalue weighted by Crippen LogP contribution is -2.38. The van der Waals surface area contributed by atoms with Crippen LogP contribution in [0.5, 0.6) is 0 Å². The van der Waals surface area contributed by atoms with Crippen LogP contribution in [0, 0.1) is 0 Å². The van der Waals surface area contributed by atoms with E-state index in [1.807, 2.05) is 18.2 Å². The summed E-state index contributed by atoms with van der Waals surface area (Å²) in [7, 11) is -0.754. The average Bonchev–Trinajstić information content (AvgIpc) is 3.41. The molecule has 0 radical (unpaired) electrons. The number of hydrogen-bond donors (Lipinski definition) is 0. The Morgan fingerprint density at radius 1 is 0.771 bits per heavy atom. The second-order valence-corrected chi connectivity index (χ2v) is 11.3. The van der Waals surface area contributed by atoms with Crippen molar-refractivity contribution in [2.75, 3.05) is 6.61 Å². The molecule has 0 aliphatic carbocycles. The Morgan fingerprint density at radius 3 is 1.94 bits per heavy atom. The first-order valence-electron chi connectivity index (χ1n) is 12.0. The highest BCUT2D eigenvalue weighted by Gasteiger charge is 2.36. The molecule has 0 unspecified atom stereocenters. The molecule has 0 aromatic heterocycles. The fourth-order valence-electron chi connectivity index (χ4n) is 4.25. The molecule has 1 aliphatic rings. The molecule has 0 amide bonds. The van der Waals surface area contributed by atoms with E-state index in [9.17, 15) is 0 Å². The first-order valence-corrected chi connectivity index (χ1v) is 13.3. The average molecular weight is 480 g/mol. The lowest BCUT2D eigenvalue weighted by atomic mass is 10.00. The molecule has 1 atom stereocenters. The van der Waals surface area contributed by atoms with Crippen molar-refractivity contribution in [3.63, 3.8) is 0 Å². The quantitative estimate of drug-likeness (QED) is 0.309. The van der Waals surface area contributed by atoms with E-state index in [1.165, 1.54) is 15.9 Å². The van der Waals surface area contributed by atoms with Crippen LogP contribution in [0.25, 0.3) is 0 Å². The van der Waals surface area contributed by atoms with Gasteiger partial charge in [-0.2, -0.15) is 0 Å². The summed E-state index contributed by atoms with van der Waals surface area (Å²) in [6.45, 7) is 5.27. The normalized spacial score (nSPS) is 15.6. The minimum absolute atomic E-state index is 0.0750. The van der Waals surface area contributed by atoms with Crippen LogP contribution in [-0.2, 0) is 16.1 Å². The summed E-state index contributed by atoms with van der Waals surface area (Å²) < 4.78 is 12.5. The van der Waals surface area contributed by atoms with E-state index in [-0.39, 0.29) is 6.04 Å². The van der Waals surface area contributed by atoms with E-state index in [2.05, 4.69) is 111 Å². The maximum absolute atomic E-state index is 6.32. The fraction of sp³-hybridized carbons (Fsp3) is 0.194. The molecule has 4 aromatic carbocycles. The van der Waals surface area contributed by atoms with Gasteiger partial charge in [0, 0.05) is 5.56 Å². The van der Waals surface area contributed by atoms with Gasteiger partial charge in [-0.25, -0.2) is 4.99 Å². The van der Waals surface area contributed by atoms with Crippen molar-refractivity contribution >= 4 is 29.7 Å². The molecule has 0 bridgehead atoms. The number of nitrogens with zero attached hydrogens (tertiary/aromatic N) is 1. The SMILES string of the molecule is CC(C)(OCc1ccccc1)[C@@H]1COC(c2ccccc2P(c2ccccc2)c2ccccc2)=N1. The predicted octanol–water partition coefficient (Wildman–Crippen LogP) is 5.59. The molecular formula is C31H30NO2P. The topological polar surface area (TPSA) is 30.8 Å². The summed E-state index contributed by atoms with van der Waals surface area (Å²) in [6.07, 6.45) is 0. The summed E-state index contributed by atoms with van der Waals surface area (Å²) in [6, 6.07) is 40.2. The van der Waals surface area contributed by atoms with Gasteiger partial charge < -0.3 is 9.47 Å². The Kier molecular flexibility index (Phi) is 7.08. The number of benzene rings is 4. The van der Waals surface area contributed by atoms with Gasteiger partial charge in [-0.15, -0.1) is 0 Å². The van der Waals surface area contributed by atoms with Gasteiger partial charge in [0.15, 0.2) is 0 Å². The lowest BCUT2D eigenvalue weighted by molar-refractivity contribution is -0.0499. The van der Waals surface area contributed by atoms with Crippen LogP contribution >= 0.6 is 7.92 Å². The van der Waals surface area contributed by atoms with Crippen molar-refractivity contribution < 1.29 is 9.47 Å². The van der Waals surface area contributed by atoms with Gasteiger partial charge in [0.2, 0.25) is 5.90 Å². The minimum atomic E-state index is -0.754. The fourth-order valence-corrected chi connectivity index (χ4v) is 6.69. The van der Waals surface area contributed by atoms with Crippen molar-refractivity contribution in [2.45, 2.75) is 32.1 Å². The minimum Gasteiger partial charge on any atom is -0.475 e. The van der Waals surface area contributed by atoms with E-state index in [4.69, 9.17) is 14.5 Å². The molecule has 35 heavy (non-hydrogen) atoms. The number of hydrogen-bond acceptors (Lipinski definition) is 3. The Labute approximate surface area is 209 Å². The molecule has 0 fully saturated rings. The van der Waals surface area contributed by atoms with E-state index in [0.717, 1.165) is 11.1 Å². The number of aliphatic imine (C=N–C) groups is 1. The maximum atomic E-state index is 6.32. The van der Waals surface area contributed by atoms with Crippen LogP contribution in [0.2, 0.25) is 0 Å². The Morgan fingerprint density at radius 2 is 1.31 bits per heavy atom. The van der Waals surface area contributed by atoms with Crippen LogP contribution in [-0.4, -0.2) is 24.1 Å². The van der Waals surface area contributed by atoms with Crippen molar-refractivity contribution in [1.82, 2.24) is 0 Å². The molecule has 0 N–H and O–H groups in total. The van der Waals surface area contributed by atoms with Crippen LogP contribution in [0.15, 0.2) is 120 Å². The monoisotopic (exact) mass is 479 g/mol. The molecule has 5 rings (SSSR count). The Balaban J connectivity index is 1.46. The highest BCUT2D eigenvalue weighted by atomic mass is 31.1. The lowest BCUT2D eigenvalue weighted by Gasteiger charge is -2.28. The molecule has 4 aromatic rings. The molecule has 0 spiro atoms. The van der Waals surface area contributed by atoms with E-state index < -0.39 is 13.5 Å². The van der Waals surface area contributed by atoms with Gasteiger partial charge in [0.05, 0.1) is 12.2 Å². The van der Waals surface area contributed by atoms with Crippen molar-refractivity contribution in [3.8, 4) is 0 Å². The first-order chi connectivity index (χ1) is 17.1. The summed E-state index contributed by atoms with van der Waals surface area (Å²) in [4.78, 5) is 5.05. The summed E-state index contributed by atoms with van der Waals surface area (Å²) in [5, 5.41) is 3.87. The number of rotatable bonds is 8. The van der Waals surface area contributed by atoms with Gasteiger partial charge >= 0.3 is 0 Å². The van der Waals surface area contributed by atoms with Crippen LogP contribution in [0.3, 0.4) is 0 Å². The van der Waals surface area contributed by atoms with E-state index >= 15 is 0 Å². The predicted molar refractivity (Wildman–Crippen MR) is 147 cm³/mol. The second kappa shape index (κ2) is 10.6. The largest absolute Gasteiger partial charge is 0.475 e. The first kappa shape index (κ1) is 23.5. The standard InChI is InChI=1S/C31H30NO2P/c1-31(2,34-22-24-14-6-3-7-15-24)29-23-33-30(32-29)27-20-12-13-21-28(27)35(25-16-8-4-9-17-25)26-18-10-5-11-19-26/h3-21,29H,22-23H2,1-2H3/t29-/m0/s1. The smallest absolute Gasteiger partial charge is 0.217 e.